The van der Waals surface area contributed by atoms with Gasteiger partial charge in [-0.15, -0.1) is 0 Å². The summed E-state index contributed by atoms with van der Waals surface area (Å²) in [6.45, 7) is 1.84. The zero-order chi connectivity index (χ0) is 22.5. The number of amides is 2. The van der Waals surface area contributed by atoms with Crippen LogP contribution in [-0.4, -0.2) is 22.7 Å². The standard InChI is InChI=1S/C22H17N3O6/c1-13-6-2-3-10-17(13)24-20(26)14-7-4-8-15(12-14)23-21(27)19-16(22(28)29)9-5-11-18(19)25(30)31/h2-12H,1H3,(H,23,27)(H,24,26)(H,28,29)/p-1. The summed E-state index contributed by atoms with van der Waals surface area (Å²) in [7, 11) is 0. The second-order valence-electron chi connectivity index (χ2n) is 6.55. The number of benzene rings is 3. The summed E-state index contributed by atoms with van der Waals surface area (Å²) in [6, 6.07) is 16.3. The Hall–Kier alpha value is -4.53. The monoisotopic (exact) mass is 418 g/mol. The molecule has 3 rings (SSSR count). The lowest BCUT2D eigenvalue weighted by Gasteiger charge is -2.12. The number of nitrogens with zero attached hydrogens (tertiary/aromatic N) is 1. The van der Waals surface area contributed by atoms with Gasteiger partial charge in [0.05, 0.1) is 10.9 Å². The number of rotatable bonds is 6. The highest BCUT2D eigenvalue weighted by Crippen LogP contribution is 2.24. The Morgan fingerprint density at radius 2 is 1.58 bits per heavy atom. The third-order valence-corrected chi connectivity index (χ3v) is 4.46. The van der Waals surface area contributed by atoms with Gasteiger partial charge in [-0.3, -0.25) is 19.7 Å². The van der Waals surface area contributed by atoms with Crippen molar-refractivity contribution in [2.24, 2.45) is 0 Å². The van der Waals surface area contributed by atoms with Crippen LogP contribution in [0, 0.1) is 17.0 Å². The number of hydrogen-bond acceptors (Lipinski definition) is 6. The van der Waals surface area contributed by atoms with Crippen LogP contribution in [0.25, 0.3) is 0 Å². The van der Waals surface area contributed by atoms with Crippen molar-refractivity contribution in [3.8, 4) is 0 Å². The average Bonchev–Trinajstić information content (AvgIpc) is 2.74. The third-order valence-electron chi connectivity index (χ3n) is 4.46. The Morgan fingerprint density at radius 3 is 2.26 bits per heavy atom. The summed E-state index contributed by atoms with van der Waals surface area (Å²) in [5.41, 5.74) is -0.0457. The molecule has 0 aromatic heterocycles. The van der Waals surface area contributed by atoms with Crippen molar-refractivity contribution in [3.63, 3.8) is 0 Å². The van der Waals surface area contributed by atoms with Crippen LogP contribution in [0.5, 0.6) is 0 Å². The molecule has 0 atom stereocenters. The van der Waals surface area contributed by atoms with E-state index in [2.05, 4.69) is 10.6 Å². The summed E-state index contributed by atoms with van der Waals surface area (Å²) in [6.07, 6.45) is 0. The normalized spacial score (nSPS) is 10.2. The van der Waals surface area contributed by atoms with Crippen molar-refractivity contribution in [3.05, 3.63) is 99.1 Å². The number of nitrogens with one attached hydrogen (secondary N) is 2. The van der Waals surface area contributed by atoms with Crippen LogP contribution >= 0.6 is 0 Å². The summed E-state index contributed by atoms with van der Waals surface area (Å²) >= 11 is 0. The predicted octanol–water partition coefficient (Wildman–Crippen LogP) is 2.77. The first-order valence-electron chi connectivity index (χ1n) is 9.05. The molecule has 2 N–H and O–H groups in total. The van der Waals surface area contributed by atoms with Gasteiger partial charge in [0.15, 0.2) is 0 Å². The quantitative estimate of drug-likeness (QED) is 0.466. The van der Waals surface area contributed by atoms with E-state index in [4.69, 9.17) is 0 Å². The van der Waals surface area contributed by atoms with Crippen LogP contribution in [0.1, 0.15) is 36.6 Å². The van der Waals surface area contributed by atoms with E-state index in [0.717, 1.165) is 23.8 Å². The van der Waals surface area contributed by atoms with Crippen molar-refractivity contribution < 1.29 is 24.4 Å². The van der Waals surface area contributed by atoms with Gasteiger partial charge in [-0.25, -0.2) is 0 Å². The first kappa shape index (κ1) is 21.2. The second kappa shape index (κ2) is 8.87. The Balaban J connectivity index is 1.87. The van der Waals surface area contributed by atoms with E-state index in [9.17, 15) is 29.6 Å². The molecule has 0 fully saturated rings. The maximum absolute atomic E-state index is 12.7. The van der Waals surface area contributed by atoms with Gasteiger partial charge in [0.25, 0.3) is 17.5 Å². The van der Waals surface area contributed by atoms with Gasteiger partial charge in [-0.1, -0.05) is 36.4 Å². The number of para-hydroxylation sites is 1. The van der Waals surface area contributed by atoms with E-state index in [1.54, 1.807) is 12.1 Å². The highest BCUT2D eigenvalue weighted by molar-refractivity contribution is 6.13. The molecule has 0 bridgehead atoms. The highest BCUT2D eigenvalue weighted by atomic mass is 16.6. The number of carboxylic acid groups (broad SMARTS) is 1. The number of carbonyl (C=O) groups excluding carboxylic acids is 3. The number of nitro groups is 1. The van der Waals surface area contributed by atoms with Crippen molar-refractivity contribution in [2.45, 2.75) is 6.92 Å². The van der Waals surface area contributed by atoms with E-state index < -0.39 is 39.5 Å². The molecule has 31 heavy (non-hydrogen) atoms. The maximum Gasteiger partial charge on any atom is 0.282 e. The molecule has 3 aromatic carbocycles. The maximum atomic E-state index is 12.7. The first-order chi connectivity index (χ1) is 14.8. The van der Waals surface area contributed by atoms with Crippen LogP contribution in [0.2, 0.25) is 0 Å². The lowest BCUT2D eigenvalue weighted by molar-refractivity contribution is -0.385. The number of carbonyl (C=O) groups is 3. The molecule has 0 aliphatic heterocycles. The highest BCUT2D eigenvalue weighted by Gasteiger charge is 2.24. The Labute approximate surface area is 176 Å². The fraction of sp³-hybridized carbons (Fsp3) is 0.0455. The molecule has 156 valence electrons. The SMILES string of the molecule is Cc1ccccc1NC(=O)c1cccc(NC(=O)c2c(C(=O)[O-])cccc2[N+](=O)[O-])c1. The molecule has 9 nitrogen and oxygen atoms in total. The molecule has 9 heteroatoms. The third kappa shape index (κ3) is 4.73. The van der Waals surface area contributed by atoms with Crippen LogP contribution < -0.4 is 15.7 Å². The zero-order valence-corrected chi connectivity index (χ0v) is 16.2. The molecule has 3 aromatic rings. The summed E-state index contributed by atoms with van der Waals surface area (Å²) in [5, 5.41) is 27.8. The number of nitro benzene ring substituents is 1. The van der Waals surface area contributed by atoms with Crippen molar-refractivity contribution in [1.82, 2.24) is 0 Å². The average molecular weight is 418 g/mol. The van der Waals surface area contributed by atoms with Crippen molar-refractivity contribution >= 4 is 34.8 Å². The Morgan fingerprint density at radius 1 is 0.871 bits per heavy atom. The van der Waals surface area contributed by atoms with Crippen LogP contribution in [0.3, 0.4) is 0 Å². The fourth-order valence-electron chi connectivity index (χ4n) is 2.94. The topological polar surface area (TPSA) is 141 Å². The summed E-state index contributed by atoms with van der Waals surface area (Å²) in [4.78, 5) is 47.0. The number of hydrogen-bond donors (Lipinski definition) is 2. The minimum absolute atomic E-state index is 0.157. The van der Waals surface area contributed by atoms with Crippen LogP contribution in [0.4, 0.5) is 17.1 Å². The van der Waals surface area contributed by atoms with E-state index >= 15 is 0 Å². The number of anilines is 2. The smallest absolute Gasteiger partial charge is 0.282 e. The molecule has 0 heterocycles. The number of carboxylic acids is 1. The molecule has 0 saturated carbocycles. The van der Waals surface area contributed by atoms with Gasteiger partial charge in [-0.05, 0) is 36.8 Å². The molecule has 2 amide bonds. The van der Waals surface area contributed by atoms with Gasteiger partial charge < -0.3 is 20.5 Å². The van der Waals surface area contributed by atoms with E-state index in [1.807, 2.05) is 19.1 Å². The molecule has 0 unspecified atom stereocenters. The second-order valence-corrected chi connectivity index (χ2v) is 6.55. The number of aryl methyl sites for hydroxylation is 1. The van der Waals surface area contributed by atoms with Gasteiger partial charge in [0.1, 0.15) is 5.56 Å². The van der Waals surface area contributed by atoms with Crippen molar-refractivity contribution in [2.75, 3.05) is 10.6 Å². The lowest BCUT2D eigenvalue weighted by atomic mass is 10.0. The molecular weight excluding hydrogens is 402 g/mol. The Kier molecular flexibility index (Phi) is 6.06. The predicted molar refractivity (Wildman–Crippen MR) is 111 cm³/mol. The molecule has 0 spiro atoms. The van der Waals surface area contributed by atoms with E-state index in [1.165, 1.54) is 24.3 Å². The molecule has 0 aliphatic rings. The van der Waals surface area contributed by atoms with Gasteiger partial charge in [-0.2, -0.15) is 0 Å². The molecular formula is C22H16N3O6-. The minimum Gasteiger partial charge on any atom is -0.545 e. The van der Waals surface area contributed by atoms with Gasteiger partial charge in [0, 0.05) is 28.6 Å². The lowest BCUT2D eigenvalue weighted by Crippen LogP contribution is -2.27. The van der Waals surface area contributed by atoms with E-state index in [0.29, 0.717) is 5.69 Å². The summed E-state index contributed by atoms with van der Waals surface area (Å²) in [5.74, 6) is -3.16. The molecule has 0 aliphatic carbocycles. The minimum atomic E-state index is -1.72. The zero-order valence-electron chi connectivity index (χ0n) is 16.2. The Bertz CT molecular complexity index is 1170. The summed E-state index contributed by atoms with van der Waals surface area (Å²) < 4.78 is 0. The van der Waals surface area contributed by atoms with Crippen LogP contribution in [-0.2, 0) is 0 Å². The van der Waals surface area contributed by atoms with Crippen LogP contribution in [0.15, 0.2) is 66.7 Å². The fourth-order valence-corrected chi connectivity index (χ4v) is 2.94. The molecule has 0 radical (unpaired) electrons. The van der Waals surface area contributed by atoms with Crippen molar-refractivity contribution in [1.29, 1.82) is 0 Å². The van der Waals surface area contributed by atoms with E-state index in [-0.39, 0.29) is 11.3 Å². The molecule has 0 saturated heterocycles. The van der Waals surface area contributed by atoms with Gasteiger partial charge in [0.2, 0.25) is 0 Å². The largest absolute Gasteiger partial charge is 0.545 e. The van der Waals surface area contributed by atoms with Gasteiger partial charge >= 0.3 is 0 Å². The number of aromatic carboxylic acids is 1. The first-order valence-corrected chi connectivity index (χ1v) is 9.05.